The summed E-state index contributed by atoms with van der Waals surface area (Å²) in [6.07, 6.45) is 0. The van der Waals surface area contributed by atoms with Crippen molar-refractivity contribution in [3.8, 4) is 0 Å². The van der Waals surface area contributed by atoms with Gasteiger partial charge in [-0.1, -0.05) is 0 Å². The first-order valence-electron chi connectivity index (χ1n) is 6.03. The van der Waals surface area contributed by atoms with Crippen LogP contribution in [-0.4, -0.2) is 54.7 Å². The smallest absolute Gasteiger partial charge is 0.319 e. The van der Waals surface area contributed by atoms with Crippen molar-refractivity contribution in [3.63, 3.8) is 0 Å². The SMILES string of the molecule is CCOC(=O)C(C)(C)C(=O)CN1CC(=O)NC(=O)C1. The van der Waals surface area contributed by atoms with Crippen LogP contribution in [0.15, 0.2) is 0 Å². The van der Waals surface area contributed by atoms with Crippen molar-refractivity contribution in [2.24, 2.45) is 5.41 Å². The standard InChI is InChI=1S/C12H18N2O5/c1-4-19-11(18)12(2,3)8(15)5-14-6-9(16)13-10(17)7-14/h4-7H2,1-3H3,(H,13,16,17). The number of amides is 2. The molecule has 0 saturated carbocycles. The molecule has 1 N–H and O–H groups in total. The molecule has 0 aromatic carbocycles. The van der Waals surface area contributed by atoms with Crippen molar-refractivity contribution in [1.29, 1.82) is 0 Å². The Hall–Kier alpha value is -1.76. The first-order valence-corrected chi connectivity index (χ1v) is 6.03. The van der Waals surface area contributed by atoms with Crippen LogP contribution in [0.3, 0.4) is 0 Å². The van der Waals surface area contributed by atoms with Crippen LogP contribution in [0.1, 0.15) is 20.8 Å². The third-order valence-corrected chi connectivity index (χ3v) is 2.86. The number of imide groups is 1. The zero-order chi connectivity index (χ0) is 14.6. The number of esters is 1. The van der Waals surface area contributed by atoms with Crippen LogP contribution in [0.2, 0.25) is 0 Å². The molecule has 1 saturated heterocycles. The molecule has 7 nitrogen and oxygen atoms in total. The van der Waals surface area contributed by atoms with Crippen molar-refractivity contribution in [1.82, 2.24) is 10.2 Å². The molecule has 7 heteroatoms. The predicted octanol–water partition coefficient (Wildman–Crippen LogP) is -0.897. The first-order chi connectivity index (χ1) is 8.77. The van der Waals surface area contributed by atoms with Gasteiger partial charge in [0.25, 0.3) is 0 Å². The molecule has 0 radical (unpaired) electrons. The number of rotatable bonds is 5. The number of piperazine rings is 1. The molecule has 0 unspecified atom stereocenters. The van der Waals surface area contributed by atoms with Gasteiger partial charge in [0.15, 0.2) is 5.78 Å². The van der Waals surface area contributed by atoms with E-state index in [-0.39, 0.29) is 32.0 Å². The number of ketones is 1. The Balaban J connectivity index is 2.65. The molecule has 106 valence electrons. The fraction of sp³-hybridized carbons (Fsp3) is 0.667. The highest BCUT2D eigenvalue weighted by Crippen LogP contribution is 2.19. The molecule has 0 atom stereocenters. The van der Waals surface area contributed by atoms with Gasteiger partial charge in [-0.15, -0.1) is 0 Å². The van der Waals surface area contributed by atoms with Gasteiger partial charge in [-0.25, -0.2) is 0 Å². The van der Waals surface area contributed by atoms with Gasteiger partial charge < -0.3 is 4.74 Å². The lowest BCUT2D eigenvalue weighted by molar-refractivity contribution is -0.158. The van der Waals surface area contributed by atoms with E-state index in [4.69, 9.17) is 4.74 Å². The summed E-state index contributed by atoms with van der Waals surface area (Å²) in [7, 11) is 0. The normalized spacial score (nSPS) is 17.0. The molecule has 0 aromatic heterocycles. The van der Waals surface area contributed by atoms with Crippen LogP contribution >= 0.6 is 0 Å². The molecule has 1 heterocycles. The Morgan fingerprint density at radius 2 is 1.79 bits per heavy atom. The maximum absolute atomic E-state index is 12.1. The summed E-state index contributed by atoms with van der Waals surface area (Å²) in [6.45, 7) is 4.60. The van der Waals surface area contributed by atoms with E-state index in [9.17, 15) is 19.2 Å². The molecule has 1 fully saturated rings. The van der Waals surface area contributed by atoms with Crippen molar-refractivity contribution in [2.75, 3.05) is 26.2 Å². The average Bonchev–Trinajstić information content (AvgIpc) is 2.27. The van der Waals surface area contributed by atoms with Crippen LogP contribution in [0, 0.1) is 5.41 Å². The number of carbonyl (C=O) groups excluding carboxylic acids is 4. The van der Waals surface area contributed by atoms with Gasteiger partial charge in [0.05, 0.1) is 26.2 Å². The van der Waals surface area contributed by atoms with E-state index in [1.165, 1.54) is 18.7 Å². The molecule has 1 aliphatic heterocycles. The second-order valence-electron chi connectivity index (χ2n) is 4.89. The maximum atomic E-state index is 12.1. The van der Waals surface area contributed by atoms with E-state index >= 15 is 0 Å². The number of Topliss-reactive ketones (excluding diaryl/α,β-unsaturated/α-hetero) is 1. The minimum absolute atomic E-state index is 0.0314. The molecule has 1 rings (SSSR count). The highest BCUT2D eigenvalue weighted by Gasteiger charge is 2.38. The number of hydrogen-bond donors (Lipinski definition) is 1. The summed E-state index contributed by atoms with van der Waals surface area (Å²) in [5, 5.41) is 2.14. The van der Waals surface area contributed by atoms with Gasteiger partial charge in [-0.05, 0) is 20.8 Å². The maximum Gasteiger partial charge on any atom is 0.319 e. The second-order valence-corrected chi connectivity index (χ2v) is 4.89. The highest BCUT2D eigenvalue weighted by molar-refractivity contribution is 6.05. The second kappa shape index (κ2) is 5.92. The van der Waals surface area contributed by atoms with Gasteiger partial charge in [-0.2, -0.15) is 0 Å². The Bertz CT molecular complexity index is 400. The van der Waals surface area contributed by atoms with Gasteiger partial charge in [-0.3, -0.25) is 29.4 Å². The summed E-state index contributed by atoms with van der Waals surface area (Å²) in [5.41, 5.74) is -1.28. The number of carbonyl (C=O) groups is 4. The minimum Gasteiger partial charge on any atom is -0.465 e. The van der Waals surface area contributed by atoms with Crippen molar-refractivity contribution < 1.29 is 23.9 Å². The van der Waals surface area contributed by atoms with E-state index in [1.54, 1.807) is 6.92 Å². The highest BCUT2D eigenvalue weighted by atomic mass is 16.5. The van der Waals surface area contributed by atoms with Gasteiger partial charge in [0, 0.05) is 0 Å². The molecule has 0 spiro atoms. The van der Waals surface area contributed by atoms with Crippen molar-refractivity contribution >= 4 is 23.6 Å². The summed E-state index contributed by atoms with van der Waals surface area (Å²) in [6, 6.07) is 0. The summed E-state index contributed by atoms with van der Waals surface area (Å²) in [5.74, 6) is -1.88. The number of ether oxygens (including phenoxy) is 1. The van der Waals surface area contributed by atoms with Crippen LogP contribution in [0.25, 0.3) is 0 Å². The Kier molecular flexibility index (Phi) is 4.77. The zero-order valence-electron chi connectivity index (χ0n) is 11.3. The van der Waals surface area contributed by atoms with Crippen molar-refractivity contribution in [3.05, 3.63) is 0 Å². The van der Waals surface area contributed by atoms with Gasteiger partial charge in [0.2, 0.25) is 11.8 Å². The Morgan fingerprint density at radius 3 is 2.26 bits per heavy atom. The Morgan fingerprint density at radius 1 is 1.26 bits per heavy atom. The van der Waals surface area contributed by atoms with Crippen LogP contribution in [-0.2, 0) is 23.9 Å². The molecule has 0 aromatic rings. The lowest BCUT2D eigenvalue weighted by Crippen LogP contribution is -2.54. The monoisotopic (exact) mass is 270 g/mol. The zero-order valence-corrected chi connectivity index (χ0v) is 11.3. The molecule has 2 amide bonds. The average molecular weight is 270 g/mol. The van der Waals surface area contributed by atoms with E-state index in [1.807, 2.05) is 0 Å². The summed E-state index contributed by atoms with van der Waals surface area (Å²) in [4.78, 5) is 47.5. The fourth-order valence-corrected chi connectivity index (χ4v) is 1.63. The van der Waals surface area contributed by atoms with Crippen LogP contribution in [0.4, 0.5) is 0 Å². The summed E-state index contributed by atoms with van der Waals surface area (Å²) >= 11 is 0. The summed E-state index contributed by atoms with van der Waals surface area (Å²) < 4.78 is 4.83. The van der Waals surface area contributed by atoms with Crippen LogP contribution in [0.5, 0.6) is 0 Å². The molecule has 0 aliphatic carbocycles. The molecule has 19 heavy (non-hydrogen) atoms. The van der Waals surface area contributed by atoms with Crippen molar-refractivity contribution in [2.45, 2.75) is 20.8 Å². The lowest BCUT2D eigenvalue weighted by Gasteiger charge is -2.28. The van der Waals surface area contributed by atoms with E-state index in [0.717, 1.165) is 0 Å². The number of hydrogen-bond acceptors (Lipinski definition) is 6. The first kappa shape index (κ1) is 15.3. The molecular weight excluding hydrogens is 252 g/mol. The number of nitrogens with one attached hydrogen (secondary N) is 1. The van der Waals surface area contributed by atoms with E-state index < -0.39 is 23.2 Å². The number of nitrogens with zero attached hydrogens (tertiary/aromatic N) is 1. The predicted molar refractivity (Wildman–Crippen MR) is 65.0 cm³/mol. The fourth-order valence-electron chi connectivity index (χ4n) is 1.63. The third-order valence-electron chi connectivity index (χ3n) is 2.86. The molecular formula is C12H18N2O5. The largest absolute Gasteiger partial charge is 0.465 e. The Labute approximate surface area is 111 Å². The lowest BCUT2D eigenvalue weighted by atomic mass is 9.87. The van der Waals surface area contributed by atoms with Gasteiger partial charge >= 0.3 is 5.97 Å². The molecule has 1 aliphatic rings. The topological polar surface area (TPSA) is 92.8 Å². The van der Waals surface area contributed by atoms with Gasteiger partial charge in [0.1, 0.15) is 5.41 Å². The molecule has 0 bridgehead atoms. The third kappa shape index (κ3) is 3.85. The van der Waals surface area contributed by atoms with E-state index in [0.29, 0.717) is 0 Å². The van der Waals surface area contributed by atoms with Crippen LogP contribution < -0.4 is 5.32 Å². The minimum atomic E-state index is -1.28. The quantitative estimate of drug-likeness (QED) is 0.395. The van der Waals surface area contributed by atoms with E-state index in [2.05, 4.69) is 5.32 Å².